The van der Waals surface area contributed by atoms with Crippen LogP contribution < -0.4 is 4.74 Å². The van der Waals surface area contributed by atoms with E-state index in [4.69, 9.17) is 9.47 Å². The Balaban J connectivity index is 1.91. The van der Waals surface area contributed by atoms with Crippen LogP contribution in [0.2, 0.25) is 0 Å². The highest BCUT2D eigenvalue weighted by molar-refractivity contribution is 5.98. The number of hydrogen-bond acceptors (Lipinski definition) is 4. The van der Waals surface area contributed by atoms with Gasteiger partial charge in [0.2, 0.25) is 0 Å². The first-order valence-electron chi connectivity index (χ1n) is 6.97. The molecular weight excluding hydrogens is 318 g/mol. The molecule has 2 aromatic carbocycles. The van der Waals surface area contributed by atoms with E-state index in [9.17, 15) is 18.4 Å². The second-order valence-electron chi connectivity index (χ2n) is 4.77. The van der Waals surface area contributed by atoms with Crippen LogP contribution in [0.5, 0.6) is 5.75 Å². The molecule has 0 aromatic heterocycles. The average molecular weight is 332 g/mol. The minimum atomic E-state index is -0.768. The molecule has 0 fully saturated rings. The van der Waals surface area contributed by atoms with E-state index in [0.29, 0.717) is 5.56 Å². The van der Waals surface area contributed by atoms with Gasteiger partial charge in [-0.2, -0.15) is 0 Å². The first-order valence-corrected chi connectivity index (χ1v) is 6.97. The van der Waals surface area contributed by atoms with Gasteiger partial charge in [0.1, 0.15) is 5.82 Å². The molecule has 0 amide bonds. The molecule has 0 N–H and O–H groups in total. The van der Waals surface area contributed by atoms with Gasteiger partial charge in [0.25, 0.3) is 0 Å². The number of esters is 1. The molecule has 0 aliphatic heterocycles. The number of benzene rings is 2. The Bertz CT molecular complexity index is 784. The molecule has 2 rings (SSSR count). The highest BCUT2D eigenvalue weighted by Gasteiger charge is 2.09. The van der Waals surface area contributed by atoms with Crippen LogP contribution in [-0.2, 0) is 9.53 Å². The zero-order valence-electron chi connectivity index (χ0n) is 12.8. The number of ketones is 1. The van der Waals surface area contributed by atoms with Gasteiger partial charge in [0, 0.05) is 11.6 Å². The predicted molar refractivity (Wildman–Crippen MR) is 83.7 cm³/mol. The van der Waals surface area contributed by atoms with Crippen LogP contribution in [0.15, 0.2) is 48.5 Å². The van der Waals surface area contributed by atoms with Gasteiger partial charge in [0.15, 0.2) is 24.0 Å². The summed E-state index contributed by atoms with van der Waals surface area (Å²) in [6, 6.07) is 9.27. The number of ether oxygens (including phenoxy) is 2. The van der Waals surface area contributed by atoms with E-state index in [1.807, 2.05) is 0 Å². The standard InChI is InChI=1S/C18H14F2O4/c1-23-17-7-5-12(9-15(17)20)6-8-18(22)24-11-16(21)13-3-2-4-14(19)10-13/h2-10H,11H2,1H3/b8-6+. The Morgan fingerprint density at radius 1 is 1.12 bits per heavy atom. The van der Waals surface area contributed by atoms with Crippen molar-refractivity contribution in [3.8, 4) is 5.75 Å². The third kappa shape index (κ3) is 4.74. The molecular formula is C18H14F2O4. The molecule has 0 saturated heterocycles. The van der Waals surface area contributed by atoms with Crippen molar-refractivity contribution in [1.29, 1.82) is 0 Å². The van der Waals surface area contributed by atoms with E-state index in [1.54, 1.807) is 6.07 Å². The van der Waals surface area contributed by atoms with E-state index >= 15 is 0 Å². The minimum absolute atomic E-state index is 0.0930. The molecule has 0 bridgehead atoms. The summed E-state index contributed by atoms with van der Waals surface area (Å²) in [4.78, 5) is 23.3. The second-order valence-corrected chi connectivity index (χ2v) is 4.77. The van der Waals surface area contributed by atoms with Crippen LogP contribution in [-0.4, -0.2) is 25.5 Å². The zero-order valence-corrected chi connectivity index (χ0v) is 12.8. The fraction of sp³-hybridized carbons (Fsp3) is 0.111. The van der Waals surface area contributed by atoms with Crippen LogP contribution >= 0.6 is 0 Å². The van der Waals surface area contributed by atoms with Gasteiger partial charge < -0.3 is 9.47 Å². The topological polar surface area (TPSA) is 52.6 Å². The number of Topliss-reactive ketones (excluding diaryl/α,β-unsaturated/α-hetero) is 1. The van der Waals surface area contributed by atoms with Gasteiger partial charge in [0.05, 0.1) is 7.11 Å². The summed E-state index contributed by atoms with van der Waals surface area (Å²) in [6.07, 6.45) is 2.41. The summed E-state index contributed by atoms with van der Waals surface area (Å²) in [5.74, 6) is -2.30. The number of carbonyl (C=O) groups excluding carboxylic acids is 2. The van der Waals surface area contributed by atoms with Gasteiger partial charge in [-0.1, -0.05) is 18.2 Å². The van der Waals surface area contributed by atoms with E-state index in [-0.39, 0.29) is 11.3 Å². The molecule has 124 valence electrons. The molecule has 24 heavy (non-hydrogen) atoms. The van der Waals surface area contributed by atoms with Gasteiger partial charge in [-0.25, -0.2) is 13.6 Å². The number of methoxy groups -OCH3 is 1. The van der Waals surface area contributed by atoms with Crippen LogP contribution in [0.4, 0.5) is 8.78 Å². The lowest BCUT2D eigenvalue weighted by atomic mass is 10.1. The fourth-order valence-electron chi connectivity index (χ4n) is 1.88. The smallest absolute Gasteiger partial charge is 0.331 e. The normalized spacial score (nSPS) is 10.6. The van der Waals surface area contributed by atoms with Crippen molar-refractivity contribution in [3.05, 3.63) is 71.3 Å². The second kappa shape index (κ2) is 8.01. The molecule has 0 atom stereocenters. The lowest BCUT2D eigenvalue weighted by Gasteiger charge is -2.03. The van der Waals surface area contributed by atoms with Gasteiger partial charge in [-0.3, -0.25) is 4.79 Å². The summed E-state index contributed by atoms with van der Waals surface area (Å²) >= 11 is 0. The summed E-state index contributed by atoms with van der Waals surface area (Å²) in [5.41, 5.74) is 0.547. The van der Waals surface area contributed by atoms with Gasteiger partial charge in [-0.05, 0) is 35.9 Å². The van der Waals surface area contributed by atoms with E-state index in [1.165, 1.54) is 43.5 Å². The van der Waals surface area contributed by atoms with E-state index in [0.717, 1.165) is 12.1 Å². The van der Waals surface area contributed by atoms with Crippen molar-refractivity contribution in [1.82, 2.24) is 0 Å². The minimum Gasteiger partial charge on any atom is -0.494 e. The van der Waals surface area contributed by atoms with Crippen molar-refractivity contribution in [2.75, 3.05) is 13.7 Å². The maximum absolute atomic E-state index is 13.5. The first-order chi connectivity index (χ1) is 11.5. The Hall–Kier alpha value is -3.02. The Morgan fingerprint density at radius 2 is 1.92 bits per heavy atom. The summed E-state index contributed by atoms with van der Waals surface area (Å²) in [5, 5.41) is 0. The molecule has 4 nitrogen and oxygen atoms in total. The highest BCUT2D eigenvalue weighted by Crippen LogP contribution is 2.18. The molecule has 0 aliphatic rings. The highest BCUT2D eigenvalue weighted by atomic mass is 19.1. The van der Waals surface area contributed by atoms with Crippen molar-refractivity contribution in [2.45, 2.75) is 0 Å². The van der Waals surface area contributed by atoms with Crippen LogP contribution in [0.3, 0.4) is 0 Å². The van der Waals surface area contributed by atoms with Crippen molar-refractivity contribution < 1.29 is 27.8 Å². The fourth-order valence-corrected chi connectivity index (χ4v) is 1.88. The maximum Gasteiger partial charge on any atom is 0.331 e. The third-order valence-electron chi connectivity index (χ3n) is 3.08. The lowest BCUT2D eigenvalue weighted by molar-refractivity contribution is -0.136. The Labute approximate surface area is 137 Å². The Kier molecular flexibility index (Phi) is 5.78. The van der Waals surface area contributed by atoms with E-state index in [2.05, 4.69) is 0 Å². The zero-order chi connectivity index (χ0) is 17.5. The summed E-state index contributed by atoms with van der Waals surface area (Å²) < 4.78 is 36.1. The van der Waals surface area contributed by atoms with Crippen molar-refractivity contribution >= 4 is 17.8 Å². The predicted octanol–water partition coefficient (Wildman–Crippen LogP) is 3.41. The van der Waals surface area contributed by atoms with Crippen molar-refractivity contribution in [2.24, 2.45) is 0 Å². The molecule has 0 heterocycles. The maximum atomic E-state index is 13.5. The number of halogens is 2. The van der Waals surface area contributed by atoms with Crippen LogP contribution in [0, 0.1) is 11.6 Å². The first kappa shape index (κ1) is 17.3. The Morgan fingerprint density at radius 3 is 2.58 bits per heavy atom. The van der Waals surface area contributed by atoms with E-state index < -0.39 is 30.0 Å². The van der Waals surface area contributed by atoms with Gasteiger partial charge in [-0.15, -0.1) is 0 Å². The quantitative estimate of drug-likeness (QED) is 0.462. The summed E-state index contributed by atoms with van der Waals surface area (Å²) in [6.45, 7) is -0.510. The molecule has 0 radical (unpaired) electrons. The SMILES string of the molecule is COc1ccc(/C=C/C(=O)OCC(=O)c2cccc(F)c2)cc1F. The molecule has 0 spiro atoms. The number of rotatable bonds is 6. The molecule has 6 heteroatoms. The molecule has 2 aromatic rings. The monoisotopic (exact) mass is 332 g/mol. The summed E-state index contributed by atoms with van der Waals surface area (Å²) in [7, 11) is 1.35. The molecule has 0 aliphatic carbocycles. The van der Waals surface area contributed by atoms with Crippen LogP contribution in [0.1, 0.15) is 15.9 Å². The number of carbonyl (C=O) groups is 2. The number of hydrogen-bond donors (Lipinski definition) is 0. The molecule has 0 unspecified atom stereocenters. The molecule has 0 saturated carbocycles. The van der Waals surface area contributed by atoms with Crippen molar-refractivity contribution in [3.63, 3.8) is 0 Å². The largest absolute Gasteiger partial charge is 0.494 e. The van der Waals surface area contributed by atoms with Gasteiger partial charge >= 0.3 is 5.97 Å². The average Bonchev–Trinajstić information content (AvgIpc) is 2.58. The lowest BCUT2D eigenvalue weighted by Crippen LogP contribution is -2.12. The van der Waals surface area contributed by atoms with Crippen LogP contribution in [0.25, 0.3) is 6.08 Å². The third-order valence-corrected chi connectivity index (χ3v) is 3.08.